The zero-order valence-corrected chi connectivity index (χ0v) is 22.7. The molecule has 0 radical (unpaired) electrons. The number of carbonyl (C=O) groups is 6. The third-order valence-corrected chi connectivity index (χ3v) is 8.77. The molecule has 0 spiro atoms. The van der Waals surface area contributed by atoms with E-state index in [4.69, 9.17) is 11.2 Å². The Bertz CT molecular complexity index is 962. The van der Waals surface area contributed by atoms with Crippen molar-refractivity contribution in [2.45, 2.75) is 74.8 Å². The monoisotopic (exact) mass is 596 g/mol. The number of piperidine rings is 1. The lowest BCUT2D eigenvalue weighted by Crippen LogP contribution is -2.68. The number of carbonyl (C=O) groups excluding carboxylic acids is 5. The first-order valence-corrected chi connectivity index (χ1v) is 14.5. The maximum atomic E-state index is 12.1. The SMILES string of the molecule is [3H]C(CC(=O)O)C(=O)NCCNC(=O)CCC(C)SSCCC(=O)OC[C@@H]1[C@@H](O)[C@H](O)[C@H](O)[C@H]2NC(=O)C(=O)N12. The smallest absolute Gasteiger partial charge is 0.314 e. The van der Waals surface area contributed by atoms with E-state index < -0.39 is 79.6 Å². The van der Waals surface area contributed by atoms with Gasteiger partial charge in [0.15, 0.2) is 0 Å². The highest BCUT2D eigenvalue weighted by Gasteiger charge is 2.55. The lowest BCUT2D eigenvalue weighted by molar-refractivity contribution is -0.181. The molecule has 220 valence electrons. The van der Waals surface area contributed by atoms with Gasteiger partial charge in [0.2, 0.25) is 11.8 Å². The number of fused-ring (bicyclic) bond motifs is 1. The molecule has 2 rings (SSSR count). The summed E-state index contributed by atoms with van der Waals surface area (Å²) in [6.07, 6.45) is -7.35. The van der Waals surface area contributed by atoms with E-state index in [9.17, 15) is 44.1 Å². The van der Waals surface area contributed by atoms with E-state index in [2.05, 4.69) is 16.0 Å². The maximum absolute atomic E-state index is 12.1. The first-order chi connectivity index (χ1) is 18.8. The number of esters is 1. The number of rotatable bonds is 16. The Kier molecular flexibility index (Phi) is 12.6. The van der Waals surface area contributed by atoms with Crippen LogP contribution in [0.1, 0.15) is 40.4 Å². The molecule has 0 saturated carbocycles. The number of carboxylic acids is 1. The average molecular weight is 597 g/mol. The summed E-state index contributed by atoms with van der Waals surface area (Å²) in [6, 6.07) is -1.21. The molecule has 0 bridgehead atoms. The van der Waals surface area contributed by atoms with E-state index in [1.54, 1.807) is 0 Å². The van der Waals surface area contributed by atoms with Gasteiger partial charge in [-0.25, -0.2) is 0 Å². The number of nitrogens with one attached hydrogen (secondary N) is 3. The van der Waals surface area contributed by atoms with Crippen molar-refractivity contribution < 1.29 is 55.3 Å². The lowest BCUT2D eigenvalue weighted by Gasteiger charge is -2.44. The minimum atomic E-state index is -1.65. The van der Waals surface area contributed by atoms with Crippen LogP contribution in [0, 0.1) is 0 Å². The number of nitrogens with zero attached hydrogens (tertiary/aromatic N) is 1. The van der Waals surface area contributed by atoms with Crippen molar-refractivity contribution in [3.63, 3.8) is 0 Å². The molecule has 2 saturated heterocycles. The van der Waals surface area contributed by atoms with Gasteiger partial charge in [-0.05, 0) is 6.42 Å². The lowest BCUT2D eigenvalue weighted by atomic mass is 9.92. The Morgan fingerprint density at radius 1 is 1.05 bits per heavy atom. The van der Waals surface area contributed by atoms with Crippen molar-refractivity contribution in [3.8, 4) is 0 Å². The Balaban J connectivity index is 1.58. The molecule has 17 heteroatoms. The third-order valence-electron chi connectivity index (χ3n) is 5.81. The number of carboxylic acid groups (broad SMARTS) is 1. The zero-order chi connectivity index (χ0) is 30.0. The van der Waals surface area contributed by atoms with Gasteiger partial charge in [0, 0.05) is 38.3 Å². The molecule has 0 aromatic carbocycles. The Morgan fingerprint density at radius 3 is 2.38 bits per heavy atom. The number of ether oxygens (including phenoxy) is 1. The van der Waals surface area contributed by atoms with Gasteiger partial charge in [0.05, 0.1) is 18.9 Å². The fraction of sp³-hybridized carbons (Fsp3) is 0.727. The quantitative estimate of drug-likeness (QED) is 0.0417. The molecule has 0 aromatic rings. The molecule has 2 aliphatic rings. The molecule has 4 amide bonds. The maximum Gasteiger partial charge on any atom is 0.314 e. The molecule has 2 aliphatic heterocycles. The van der Waals surface area contributed by atoms with Gasteiger partial charge in [-0.3, -0.25) is 28.8 Å². The summed E-state index contributed by atoms with van der Waals surface area (Å²) < 4.78 is 12.5. The second-order valence-corrected chi connectivity index (χ2v) is 11.7. The van der Waals surface area contributed by atoms with Crippen molar-refractivity contribution in [2.24, 2.45) is 0 Å². The van der Waals surface area contributed by atoms with Crippen LogP contribution in [-0.2, 0) is 33.5 Å². The molecule has 7 atom stereocenters. The van der Waals surface area contributed by atoms with Gasteiger partial charge in [-0.2, -0.15) is 0 Å². The highest BCUT2D eigenvalue weighted by Crippen LogP contribution is 2.30. The Labute approximate surface area is 233 Å². The first kappa shape index (κ1) is 30.9. The number of amides is 4. The summed E-state index contributed by atoms with van der Waals surface area (Å²) in [5.41, 5.74) is 0. The summed E-state index contributed by atoms with van der Waals surface area (Å²) >= 11 is 0. The van der Waals surface area contributed by atoms with Gasteiger partial charge in [-0.1, -0.05) is 28.5 Å². The number of hydrogen-bond acceptors (Lipinski definition) is 12. The molecule has 7 N–H and O–H groups in total. The van der Waals surface area contributed by atoms with E-state index in [1.165, 1.54) is 21.6 Å². The van der Waals surface area contributed by atoms with Gasteiger partial charge >= 0.3 is 23.8 Å². The number of aliphatic hydroxyl groups is 3. The molecule has 0 aromatic heterocycles. The van der Waals surface area contributed by atoms with Crippen LogP contribution in [0.15, 0.2) is 0 Å². The van der Waals surface area contributed by atoms with Crippen LogP contribution >= 0.6 is 21.6 Å². The number of hydrogen-bond donors (Lipinski definition) is 7. The normalized spacial score (nSPS) is 26.1. The van der Waals surface area contributed by atoms with Crippen LogP contribution in [0.25, 0.3) is 0 Å². The van der Waals surface area contributed by atoms with Crippen LogP contribution in [0.5, 0.6) is 0 Å². The summed E-state index contributed by atoms with van der Waals surface area (Å²) in [7, 11) is 2.85. The second-order valence-electron chi connectivity index (χ2n) is 8.81. The number of aliphatic hydroxyl groups excluding tert-OH is 3. The molecule has 39 heavy (non-hydrogen) atoms. The zero-order valence-electron chi connectivity index (χ0n) is 22.1. The fourth-order valence-electron chi connectivity index (χ4n) is 3.73. The Hall–Kier alpha value is -2.60. The van der Waals surface area contributed by atoms with Crippen molar-refractivity contribution in [2.75, 3.05) is 25.4 Å². The molecular weight excluding hydrogens is 560 g/mol. The standard InChI is InChI=1S/C22H34N4O11S2/c1-11(2-3-13(27)23-7-8-24-14(28)4-5-15(29)30)39-38-9-6-16(31)37-10-12-17(32)18(33)19(34)20-25-21(35)22(36)26(12)20/h11-12,17-20,32-34H,2-10H2,1H3,(H,23,27)(H,24,28)(H,25,35)(H,29,30)/t11?,12-,17-,18+,19+,20+/m1/s1/i4T/t4?,11?,12-,17-,18+,19+,20+. The van der Waals surface area contributed by atoms with Crippen molar-refractivity contribution in [3.05, 3.63) is 0 Å². The van der Waals surface area contributed by atoms with E-state index in [-0.39, 0.29) is 37.1 Å². The van der Waals surface area contributed by atoms with Crippen molar-refractivity contribution >= 4 is 57.2 Å². The van der Waals surface area contributed by atoms with E-state index in [0.29, 0.717) is 12.2 Å². The fourth-order valence-corrected chi connectivity index (χ4v) is 6.04. The Morgan fingerprint density at radius 2 is 1.72 bits per heavy atom. The highest BCUT2D eigenvalue weighted by atomic mass is 33.1. The molecule has 2 fully saturated rings. The van der Waals surface area contributed by atoms with Gasteiger partial charge in [0.25, 0.3) is 0 Å². The van der Waals surface area contributed by atoms with Gasteiger partial charge in [-0.15, -0.1) is 0 Å². The highest BCUT2D eigenvalue weighted by molar-refractivity contribution is 8.76. The average Bonchev–Trinajstić information content (AvgIpc) is 3.19. The van der Waals surface area contributed by atoms with Gasteiger partial charge < -0.3 is 46.0 Å². The first-order valence-electron chi connectivity index (χ1n) is 12.7. The molecule has 2 unspecified atom stereocenters. The summed E-state index contributed by atoms with van der Waals surface area (Å²) in [5.74, 6) is -4.46. The minimum Gasteiger partial charge on any atom is -0.481 e. The third kappa shape index (κ3) is 10.1. The van der Waals surface area contributed by atoms with Crippen molar-refractivity contribution in [1.82, 2.24) is 20.9 Å². The molecule has 2 heterocycles. The van der Waals surface area contributed by atoms with Crippen molar-refractivity contribution in [1.29, 1.82) is 0 Å². The molecule has 0 aliphatic carbocycles. The number of aliphatic carboxylic acids is 1. The van der Waals surface area contributed by atoms with E-state index >= 15 is 0 Å². The predicted molar refractivity (Wildman–Crippen MR) is 138 cm³/mol. The van der Waals surface area contributed by atoms with Crippen LogP contribution in [0.2, 0.25) is 0 Å². The summed E-state index contributed by atoms with van der Waals surface area (Å²) in [6.45, 7) is 1.64. The van der Waals surface area contributed by atoms with E-state index in [0.717, 1.165) is 4.90 Å². The predicted octanol–water partition coefficient (Wildman–Crippen LogP) is -2.68. The van der Waals surface area contributed by atoms with Crippen LogP contribution < -0.4 is 16.0 Å². The van der Waals surface area contributed by atoms with E-state index in [1.807, 2.05) is 6.92 Å². The minimum absolute atomic E-state index is 0.00475. The second kappa shape index (κ2) is 15.9. The summed E-state index contributed by atoms with van der Waals surface area (Å²) in [4.78, 5) is 70.8. The molecular formula is C22H34N4O11S2. The largest absolute Gasteiger partial charge is 0.481 e. The topological polar surface area (TPSA) is 232 Å². The van der Waals surface area contributed by atoms with Crippen LogP contribution in [0.4, 0.5) is 0 Å². The van der Waals surface area contributed by atoms with Crippen LogP contribution in [-0.4, -0.2) is 122 Å². The van der Waals surface area contributed by atoms with Crippen LogP contribution in [0.3, 0.4) is 0 Å². The van der Waals surface area contributed by atoms with Gasteiger partial charge in [0.1, 0.15) is 31.1 Å². The summed E-state index contributed by atoms with van der Waals surface area (Å²) in [5, 5.41) is 46.2. The molecule has 15 nitrogen and oxygen atoms in total.